The van der Waals surface area contributed by atoms with E-state index in [-0.39, 0.29) is 6.04 Å². The molecule has 0 radical (unpaired) electrons. The van der Waals surface area contributed by atoms with Crippen LogP contribution < -0.4 is 5.73 Å². The number of H-pyrrole nitrogens is 1. The van der Waals surface area contributed by atoms with E-state index in [0.29, 0.717) is 0 Å². The van der Waals surface area contributed by atoms with Crippen molar-refractivity contribution in [1.29, 1.82) is 0 Å². The molecule has 2 aromatic heterocycles. The summed E-state index contributed by atoms with van der Waals surface area (Å²) in [7, 11) is 0. The van der Waals surface area contributed by atoms with Crippen LogP contribution in [0.1, 0.15) is 23.9 Å². The molecular weight excluding hydrogens is 268 g/mol. The molecule has 1 aromatic carbocycles. The largest absolute Gasteiger partial charge is 0.324 e. The second-order valence-electron chi connectivity index (χ2n) is 4.64. The van der Waals surface area contributed by atoms with E-state index < -0.39 is 0 Å². The Bertz CT molecular complexity index is 646. The molecule has 102 valence electrons. The highest BCUT2D eigenvalue weighted by Gasteiger charge is 2.09. The van der Waals surface area contributed by atoms with Crippen LogP contribution in [0.25, 0.3) is 10.7 Å². The molecule has 0 bridgehead atoms. The van der Waals surface area contributed by atoms with Crippen molar-refractivity contribution in [3.8, 4) is 10.7 Å². The molecule has 3 rings (SSSR count). The number of hydrogen-bond acceptors (Lipinski definition) is 4. The monoisotopic (exact) mass is 284 g/mol. The van der Waals surface area contributed by atoms with Gasteiger partial charge < -0.3 is 5.73 Å². The third-order valence-corrected chi connectivity index (χ3v) is 4.06. The topological polar surface area (TPSA) is 67.6 Å². The normalized spacial score (nSPS) is 12.4. The van der Waals surface area contributed by atoms with Gasteiger partial charge in [-0.2, -0.15) is 5.10 Å². The van der Waals surface area contributed by atoms with Gasteiger partial charge in [0.05, 0.1) is 4.88 Å². The van der Waals surface area contributed by atoms with Crippen LogP contribution in [0.3, 0.4) is 0 Å². The summed E-state index contributed by atoms with van der Waals surface area (Å²) in [6.45, 7) is 0. The lowest BCUT2D eigenvalue weighted by atomic mass is 10.0. The Morgan fingerprint density at radius 3 is 2.75 bits per heavy atom. The van der Waals surface area contributed by atoms with Gasteiger partial charge in [0.15, 0.2) is 5.82 Å². The maximum Gasteiger partial charge on any atom is 0.191 e. The van der Waals surface area contributed by atoms with Gasteiger partial charge in [0.2, 0.25) is 0 Å². The Labute approximate surface area is 121 Å². The summed E-state index contributed by atoms with van der Waals surface area (Å²) in [6, 6.07) is 14.2. The molecular formula is C15H16N4S. The van der Waals surface area contributed by atoms with Crippen LogP contribution in [0.5, 0.6) is 0 Å². The van der Waals surface area contributed by atoms with Crippen LogP contribution in [0.15, 0.2) is 47.8 Å². The summed E-state index contributed by atoms with van der Waals surface area (Å²) in [5.74, 6) is 1.66. The van der Waals surface area contributed by atoms with Crippen molar-refractivity contribution in [2.45, 2.75) is 18.9 Å². The van der Waals surface area contributed by atoms with Gasteiger partial charge >= 0.3 is 0 Å². The van der Waals surface area contributed by atoms with Gasteiger partial charge in [-0.25, -0.2) is 4.98 Å². The Morgan fingerprint density at radius 2 is 2.00 bits per heavy atom. The third-order valence-electron chi connectivity index (χ3n) is 3.19. The number of aryl methyl sites for hydroxylation is 1. The Morgan fingerprint density at radius 1 is 1.15 bits per heavy atom. The summed E-state index contributed by atoms with van der Waals surface area (Å²) >= 11 is 1.64. The molecule has 0 saturated carbocycles. The van der Waals surface area contributed by atoms with E-state index in [2.05, 4.69) is 27.3 Å². The third kappa shape index (κ3) is 2.95. The fourth-order valence-corrected chi connectivity index (χ4v) is 2.74. The first kappa shape index (κ1) is 13.0. The van der Waals surface area contributed by atoms with Crippen molar-refractivity contribution >= 4 is 11.3 Å². The van der Waals surface area contributed by atoms with E-state index in [9.17, 15) is 0 Å². The molecule has 1 unspecified atom stereocenters. The van der Waals surface area contributed by atoms with Crippen molar-refractivity contribution in [1.82, 2.24) is 15.2 Å². The minimum absolute atomic E-state index is 0.0338. The predicted molar refractivity (Wildman–Crippen MR) is 81.4 cm³/mol. The molecule has 0 amide bonds. The van der Waals surface area contributed by atoms with Gasteiger partial charge in [-0.1, -0.05) is 36.4 Å². The molecule has 1 atom stereocenters. The molecule has 0 spiro atoms. The highest BCUT2D eigenvalue weighted by atomic mass is 32.1. The molecule has 0 aliphatic carbocycles. The highest BCUT2D eigenvalue weighted by Crippen LogP contribution is 2.21. The molecule has 2 heterocycles. The molecule has 4 nitrogen and oxygen atoms in total. The fraction of sp³-hybridized carbons (Fsp3) is 0.200. The second kappa shape index (κ2) is 5.98. The zero-order valence-corrected chi connectivity index (χ0v) is 11.8. The van der Waals surface area contributed by atoms with Gasteiger partial charge in [-0.05, 0) is 23.4 Å². The Kier molecular flexibility index (Phi) is 3.90. The lowest BCUT2D eigenvalue weighted by molar-refractivity contribution is 0.636. The SMILES string of the molecule is NC(CCc1nc(-c2cccs2)n[nH]1)c1ccccc1. The number of rotatable bonds is 5. The number of hydrogen-bond donors (Lipinski definition) is 2. The van der Waals surface area contributed by atoms with E-state index in [1.807, 2.05) is 35.7 Å². The number of nitrogens with two attached hydrogens (primary N) is 1. The smallest absolute Gasteiger partial charge is 0.191 e. The quantitative estimate of drug-likeness (QED) is 0.756. The van der Waals surface area contributed by atoms with Crippen LogP contribution >= 0.6 is 11.3 Å². The van der Waals surface area contributed by atoms with Crippen LogP contribution in [-0.4, -0.2) is 15.2 Å². The highest BCUT2D eigenvalue weighted by molar-refractivity contribution is 7.13. The minimum atomic E-state index is 0.0338. The van der Waals surface area contributed by atoms with Gasteiger partial charge in [0.25, 0.3) is 0 Å². The summed E-state index contributed by atoms with van der Waals surface area (Å²) in [4.78, 5) is 5.59. The van der Waals surface area contributed by atoms with Crippen molar-refractivity contribution in [2.24, 2.45) is 5.73 Å². The number of thiophene rings is 1. The van der Waals surface area contributed by atoms with E-state index in [1.165, 1.54) is 0 Å². The van der Waals surface area contributed by atoms with Crippen LogP contribution in [0.2, 0.25) is 0 Å². The van der Waals surface area contributed by atoms with Crippen molar-refractivity contribution in [3.05, 3.63) is 59.2 Å². The lowest BCUT2D eigenvalue weighted by Crippen LogP contribution is -2.11. The van der Waals surface area contributed by atoms with Crippen LogP contribution in [-0.2, 0) is 6.42 Å². The second-order valence-corrected chi connectivity index (χ2v) is 5.59. The van der Waals surface area contributed by atoms with E-state index in [0.717, 1.165) is 34.9 Å². The van der Waals surface area contributed by atoms with E-state index in [1.54, 1.807) is 11.3 Å². The van der Waals surface area contributed by atoms with Crippen molar-refractivity contribution in [3.63, 3.8) is 0 Å². The Hall–Kier alpha value is -1.98. The maximum atomic E-state index is 6.18. The first-order valence-electron chi connectivity index (χ1n) is 6.58. The van der Waals surface area contributed by atoms with Crippen molar-refractivity contribution < 1.29 is 0 Å². The standard InChI is InChI=1S/C15H16N4S/c16-12(11-5-2-1-3-6-11)8-9-14-17-15(19-18-14)13-7-4-10-20-13/h1-7,10,12H,8-9,16H2,(H,17,18,19). The number of aromatic nitrogens is 3. The maximum absolute atomic E-state index is 6.18. The number of aromatic amines is 1. The molecule has 20 heavy (non-hydrogen) atoms. The van der Waals surface area contributed by atoms with E-state index >= 15 is 0 Å². The number of benzene rings is 1. The van der Waals surface area contributed by atoms with E-state index in [4.69, 9.17) is 5.73 Å². The van der Waals surface area contributed by atoms with Crippen LogP contribution in [0, 0.1) is 0 Å². The Balaban J connectivity index is 1.62. The molecule has 3 aromatic rings. The number of nitrogens with one attached hydrogen (secondary N) is 1. The zero-order chi connectivity index (χ0) is 13.8. The molecule has 5 heteroatoms. The summed E-state index contributed by atoms with van der Waals surface area (Å²) in [5, 5.41) is 9.26. The first-order chi connectivity index (χ1) is 9.83. The average molecular weight is 284 g/mol. The number of nitrogens with zero attached hydrogens (tertiary/aromatic N) is 2. The zero-order valence-electron chi connectivity index (χ0n) is 11.0. The summed E-state index contributed by atoms with van der Waals surface area (Å²) in [6.07, 6.45) is 1.65. The molecule has 0 fully saturated rings. The molecule has 3 N–H and O–H groups in total. The minimum Gasteiger partial charge on any atom is -0.324 e. The fourth-order valence-electron chi connectivity index (χ4n) is 2.08. The predicted octanol–water partition coefficient (Wildman–Crippen LogP) is 3.17. The molecule has 0 aliphatic rings. The van der Waals surface area contributed by atoms with Gasteiger partial charge in [-0.15, -0.1) is 11.3 Å². The van der Waals surface area contributed by atoms with Gasteiger partial charge in [0.1, 0.15) is 5.82 Å². The molecule has 0 saturated heterocycles. The lowest BCUT2D eigenvalue weighted by Gasteiger charge is -2.10. The molecule has 0 aliphatic heterocycles. The first-order valence-corrected chi connectivity index (χ1v) is 7.46. The van der Waals surface area contributed by atoms with Gasteiger partial charge in [-0.3, -0.25) is 5.10 Å². The van der Waals surface area contributed by atoms with Gasteiger partial charge in [0, 0.05) is 12.5 Å². The van der Waals surface area contributed by atoms with Crippen molar-refractivity contribution in [2.75, 3.05) is 0 Å². The summed E-state index contributed by atoms with van der Waals surface area (Å²) in [5.41, 5.74) is 7.34. The average Bonchev–Trinajstić information content (AvgIpc) is 3.16. The van der Waals surface area contributed by atoms with Crippen LogP contribution in [0.4, 0.5) is 0 Å². The summed E-state index contributed by atoms with van der Waals surface area (Å²) < 4.78 is 0.